The topological polar surface area (TPSA) is 99.0 Å². The number of carbonyl (C=O) groups is 1. The summed E-state index contributed by atoms with van der Waals surface area (Å²) in [7, 11) is 0. The summed E-state index contributed by atoms with van der Waals surface area (Å²) in [6.45, 7) is 7.64. The van der Waals surface area contributed by atoms with Gasteiger partial charge in [-0.05, 0) is 71.6 Å². The fourth-order valence-electron chi connectivity index (χ4n) is 3.71. The van der Waals surface area contributed by atoms with Gasteiger partial charge in [-0.3, -0.25) is 4.79 Å². The van der Waals surface area contributed by atoms with Crippen LogP contribution in [0.15, 0.2) is 23.8 Å². The molecular weight excluding hydrogens is 370 g/mol. The maximum Gasteiger partial charge on any atom is 0.252 e. The molecule has 2 aliphatic heterocycles. The zero-order chi connectivity index (χ0) is 21.4. The number of ether oxygens (including phenoxy) is 1. The molecule has 1 amide bonds. The zero-order valence-corrected chi connectivity index (χ0v) is 17.6. The molecular formula is C23H31NO5. The van der Waals surface area contributed by atoms with Gasteiger partial charge in [-0.2, -0.15) is 0 Å². The summed E-state index contributed by atoms with van der Waals surface area (Å²) in [6.07, 6.45) is 7.96. The summed E-state index contributed by atoms with van der Waals surface area (Å²) in [5.74, 6) is 0.442. The van der Waals surface area contributed by atoms with Crippen LogP contribution in [-0.4, -0.2) is 38.5 Å². The van der Waals surface area contributed by atoms with Gasteiger partial charge >= 0.3 is 0 Å². The standard InChI is InChI=1S/C23H31NO5/c1-14(7-8-19(26)22(2,3)28)6-5-10-23(4)11-9-15-18(25)12-16-17(20(15)29-23)13-24-21(16)27/h6,9,11-12,19,25-26,28H,5,7-8,10,13H2,1-4H3,(H,24,27)/b14-6+/t19-,23+/m1/s1. The first-order valence-corrected chi connectivity index (χ1v) is 10.1. The van der Waals surface area contributed by atoms with Crippen LogP contribution in [-0.2, 0) is 6.54 Å². The molecule has 0 unspecified atom stereocenters. The van der Waals surface area contributed by atoms with E-state index in [-0.39, 0.29) is 11.7 Å². The van der Waals surface area contributed by atoms with E-state index in [1.54, 1.807) is 13.8 Å². The molecule has 0 aliphatic carbocycles. The SMILES string of the molecule is C/C(=C\CC[C@@]1(C)C=Cc2c(O)cc3c(c2O1)CNC3=O)CC[C@@H](O)C(C)(C)O. The average Bonchev–Trinajstić information content (AvgIpc) is 2.99. The van der Waals surface area contributed by atoms with E-state index in [0.717, 1.165) is 30.4 Å². The summed E-state index contributed by atoms with van der Waals surface area (Å²) in [6, 6.07) is 1.50. The molecule has 0 fully saturated rings. The van der Waals surface area contributed by atoms with Gasteiger partial charge in [-0.1, -0.05) is 11.6 Å². The minimum Gasteiger partial charge on any atom is -0.507 e. The minimum absolute atomic E-state index is 0.0511. The highest BCUT2D eigenvalue weighted by atomic mass is 16.5. The van der Waals surface area contributed by atoms with Gasteiger partial charge in [0.25, 0.3) is 5.91 Å². The Morgan fingerprint density at radius 2 is 2.17 bits per heavy atom. The summed E-state index contributed by atoms with van der Waals surface area (Å²) >= 11 is 0. The van der Waals surface area contributed by atoms with Crippen molar-refractivity contribution in [2.45, 2.75) is 77.2 Å². The number of fused-ring (bicyclic) bond motifs is 3. The van der Waals surface area contributed by atoms with Crippen molar-refractivity contribution in [1.29, 1.82) is 0 Å². The summed E-state index contributed by atoms with van der Waals surface area (Å²) in [5, 5.41) is 32.8. The van der Waals surface area contributed by atoms with Crippen LogP contribution in [0.25, 0.3) is 6.08 Å². The van der Waals surface area contributed by atoms with Gasteiger partial charge in [0.1, 0.15) is 17.1 Å². The number of rotatable bonds is 7. The lowest BCUT2D eigenvalue weighted by Gasteiger charge is -2.33. The van der Waals surface area contributed by atoms with Gasteiger partial charge in [-0.15, -0.1) is 0 Å². The number of aromatic hydroxyl groups is 1. The lowest BCUT2D eigenvalue weighted by Crippen LogP contribution is -2.35. The molecule has 2 aliphatic rings. The first-order valence-electron chi connectivity index (χ1n) is 10.1. The number of phenols is 1. The van der Waals surface area contributed by atoms with Crippen molar-refractivity contribution in [1.82, 2.24) is 5.32 Å². The number of phenolic OH excluding ortho intramolecular Hbond substituents is 1. The second-order valence-electron chi connectivity index (χ2n) is 8.89. The predicted octanol–water partition coefficient (Wildman–Crippen LogP) is 3.44. The van der Waals surface area contributed by atoms with Crippen LogP contribution in [0.3, 0.4) is 0 Å². The summed E-state index contributed by atoms with van der Waals surface area (Å²) in [5.41, 5.74) is 1.41. The Morgan fingerprint density at radius 3 is 2.86 bits per heavy atom. The molecule has 0 radical (unpaired) electrons. The van der Waals surface area contributed by atoms with E-state index >= 15 is 0 Å². The summed E-state index contributed by atoms with van der Waals surface area (Å²) in [4.78, 5) is 11.9. The Bertz CT molecular complexity index is 865. The van der Waals surface area contributed by atoms with Crippen molar-refractivity contribution < 1.29 is 24.9 Å². The second kappa shape index (κ2) is 7.84. The largest absolute Gasteiger partial charge is 0.507 e. The first-order chi connectivity index (χ1) is 13.5. The highest BCUT2D eigenvalue weighted by Gasteiger charge is 2.34. The minimum atomic E-state index is -1.09. The molecule has 3 rings (SSSR count). The number of carbonyl (C=O) groups excluding carboxylic acids is 1. The predicted molar refractivity (Wildman–Crippen MR) is 112 cm³/mol. The third-order valence-corrected chi connectivity index (χ3v) is 5.77. The molecule has 6 heteroatoms. The van der Waals surface area contributed by atoms with Crippen molar-refractivity contribution in [3.8, 4) is 11.5 Å². The highest BCUT2D eigenvalue weighted by Crippen LogP contribution is 2.43. The van der Waals surface area contributed by atoms with Crippen molar-refractivity contribution in [3.63, 3.8) is 0 Å². The molecule has 29 heavy (non-hydrogen) atoms. The first kappa shape index (κ1) is 21.4. The molecule has 0 aromatic heterocycles. The normalized spacial score (nSPS) is 22.0. The lowest BCUT2D eigenvalue weighted by atomic mass is 9.91. The number of hydrogen-bond donors (Lipinski definition) is 4. The lowest BCUT2D eigenvalue weighted by molar-refractivity contribution is -0.0509. The van der Waals surface area contributed by atoms with Gasteiger partial charge in [0.15, 0.2) is 0 Å². The van der Waals surface area contributed by atoms with Crippen LogP contribution >= 0.6 is 0 Å². The average molecular weight is 402 g/mol. The van der Waals surface area contributed by atoms with Crippen LogP contribution in [0, 0.1) is 0 Å². The van der Waals surface area contributed by atoms with Crippen LogP contribution in [0.1, 0.15) is 74.9 Å². The number of aliphatic hydroxyl groups is 2. The monoisotopic (exact) mass is 401 g/mol. The van der Waals surface area contributed by atoms with Gasteiger partial charge < -0.3 is 25.4 Å². The zero-order valence-electron chi connectivity index (χ0n) is 17.6. The van der Waals surface area contributed by atoms with Crippen LogP contribution in [0.2, 0.25) is 0 Å². The van der Waals surface area contributed by atoms with Crippen LogP contribution in [0.4, 0.5) is 0 Å². The van der Waals surface area contributed by atoms with E-state index in [0.29, 0.717) is 29.8 Å². The van der Waals surface area contributed by atoms with Gasteiger partial charge in [0.05, 0.1) is 22.8 Å². The maximum atomic E-state index is 11.9. The Hall–Kier alpha value is -2.31. The number of aliphatic hydroxyl groups excluding tert-OH is 1. The smallest absolute Gasteiger partial charge is 0.252 e. The van der Waals surface area contributed by atoms with Gasteiger partial charge in [0.2, 0.25) is 0 Å². The van der Waals surface area contributed by atoms with Crippen LogP contribution < -0.4 is 10.1 Å². The Balaban J connectivity index is 1.64. The van der Waals surface area contributed by atoms with Crippen molar-refractivity contribution >= 4 is 12.0 Å². The van der Waals surface area contributed by atoms with E-state index in [9.17, 15) is 20.1 Å². The van der Waals surface area contributed by atoms with E-state index in [1.165, 1.54) is 6.07 Å². The van der Waals surface area contributed by atoms with E-state index in [2.05, 4.69) is 11.4 Å². The Kier molecular flexibility index (Phi) is 5.79. The molecule has 2 heterocycles. The highest BCUT2D eigenvalue weighted by molar-refractivity contribution is 6.00. The molecule has 0 saturated heterocycles. The number of amides is 1. The number of allylic oxidation sites excluding steroid dienone is 2. The molecule has 0 spiro atoms. The van der Waals surface area contributed by atoms with Gasteiger partial charge in [0, 0.05) is 12.1 Å². The van der Waals surface area contributed by atoms with E-state index in [4.69, 9.17) is 4.74 Å². The number of benzene rings is 1. The fraction of sp³-hybridized carbons (Fsp3) is 0.522. The van der Waals surface area contributed by atoms with Crippen molar-refractivity contribution in [3.05, 3.63) is 40.5 Å². The quantitative estimate of drug-likeness (QED) is 0.525. The second-order valence-corrected chi connectivity index (χ2v) is 8.89. The molecule has 158 valence electrons. The van der Waals surface area contributed by atoms with Gasteiger partial charge in [-0.25, -0.2) is 0 Å². The molecule has 4 N–H and O–H groups in total. The van der Waals surface area contributed by atoms with E-state index in [1.807, 2.05) is 26.0 Å². The molecule has 1 aromatic rings. The van der Waals surface area contributed by atoms with E-state index < -0.39 is 17.3 Å². The molecule has 1 aromatic carbocycles. The Morgan fingerprint density at radius 1 is 1.45 bits per heavy atom. The third kappa shape index (κ3) is 4.65. The molecule has 6 nitrogen and oxygen atoms in total. The molecule has 0 saturated carbocycles. The van der Waals surface area contributed by atoms with Crippen molar-refractivity contribution in [2.24, 2.45) is 0 Å². The van der Waals surface area contributed by atoms with Crippen molar-refractivity contribution in [2.75, 3.05) is 0 Å². The molecule has 0 bridgehead atoms. The van der Waals surface area contributed by atoms with Crippen LogP contribution in [0.5, 0.6) is 11.5 Å². The number of nitrogens with one attached hydrogen (secondary N) is 1. The maximum absolute atomic E-state index is 11.9. The Labute approximate surface area is 171 Å². The number of hydrogen-bond acceptors (Lipinski definition) is 5. The fourth-order valence-corrected chi connectivity index (χ4v) is 3.71. The summed E-state index contributed by atoms with van der Waals surface area (Å²) < 4.78 is 6.27. The third-order valence-electron chi connectivity index (χ3n) is 5.77. The molecule has 2 atom stereocenters.